The summed E-state index contributed by atoms with van der Waals surface area (Å²) >= 11 is 0. The van der Waals surface area contributed by atoms with Crippen LogP contribution in [0.25, 0.3) is 0 Å². The van der Waals surface area contributed by atoms with E-state index in [0.29, 0.717) is 38.4 Å². The molecule has 1 saturated heterocycles. The molecule has 0 N–H and O–H groups in total. The van der Waals surface area contributed by atoms with E-state index in [1.54, 1.807) is 4.90 Å². The minimum atomic E-state index is -4.67. The van der Waals surface area contributed by atoms with Crippen LogP contribution < -0.4 is 4.74 Å². The molecule has 2 aromatic carbocycles. The molecule has 1 saturated carbocycles. The van der Waals surface area contributed by atoms with Crippen LogP contribution in [0.3, 0.4) is 0 Å². The largest absolute Gasteiger partial charge is 0.490 e. The van der Waals surface area contributed by atoms with Gasteiger partial charge >= 0.3 is 6.18 Å². The van der Waals surface area contributed by atoms with E-state index in [9.17, 15) is 30.8 Å². The molecule has 0 spiro atoms. The van der Waals surface area contributed by atoms with Gasteiger partial charge in [0.1, 0.15) is 10.6 Å². The first-order valence-electron chi connectivity index (χ1n) is 12.3. The van der Waals surface area contributed by atoms with E-state index in [1.165, 1.54) is 0 Å². The quantitative estimate of drug-likeness (QED) is 0.508. The lowest BCUT2D eigenvalue weighted by Crippen LogP contribution is -2.52. The zero-order valence-corrected chi connectivity index (χ0v) is 21.1. The van der Waals surface area contributed by atoms with Gasteiger partial charge in [-0.1, -0.05) is 0 Å². The summed E-state index contributed by atoms with van der Waals surface area (Å²) in [6.07, 6.45) is -4.24. The number of hydrogen-bond acceptors (Lipinski definition) is 5. The summed E-state index contributed by atoms with van der Waals surface area (Å²) in [5, 5.41) is 0. The van der Waals surface area contributed by atoms with Crippen molar-refractivity contribution in [1.29, 1.82) is 0 Å². The Morgan fingerprint density at radius 3 is 2.34 bits per heavy atom. The highest BCUT2D eigenvalue weighted by Gasteiger charge is 2.59. The van der Waals surface area contributed by atoms with Gasteiger partial charge in [-0.3, -0.25) is 4.79 Å². The summed E-state index contributed by atoms with van der Waals surface area (Å²) in [6, 6.07) is 4.70. The van der Waals surface area contributed by atoms with Crippen LogP contribution in [0.1, 0.15) is 36.8 Å². The van der Waals surface area contributed by atoms with E-state index in [0.717, 1.165) is 24.3 Å². The number of halogens is 5. The molecule has 0 radical (unpaired) electrons. The third kappa shape index (κ3) is 4.45. The van der Waals surface area contributed by atoms with Crippen LogP contribution in [0.4, 0.5) is 22.0 Å². The number of alkyl halides is 3. The van der Waals surface area contributed by atoms with Crippen molar-refractivity contribution in [3.8, 4) is 5.75 Å². The number of carbonyl (C=O) groups is 1. The van der Waals surface area contributed by atoms with E-state index in [4.69, 9.17) is 9.47 Å². The van der Waals surface area contributed by atoms with Gasteiger partial charge in [0.15, 0.2) is 21.4 Å². The molecule has 206 valence electrons. The number of nitrogens with zero attached hydrogens (tertiary/aromatic N) is 1. The molecule has 0 unspecified atom stereocenters. The van der Waals surface area contributed by atoms with Crippen LogP contribution in [0.5, 0.6) is 5.75 Å². The van der Waals surface area contributed by atoms with Gasteiger partial charge in [0.25, 0.3) is 0 Å². The van der Waals surface area contributed by atoms with Gasteiger partial charge in [0, 0.05) is 25.4 Å². The van der Waals surface area contributed by atoms with E-state index < -0.39 is 60.1 Å². The summed E-state index contributed by atoms with van der Waals surface area (Å²) in [6.45, 7) is 1.55. The third-order valence-electron chi connectivity index (χ3n) is 7.91. The monoisotopic (exact) mass is 559 g/mol. The van der Waals surface area contributed by atoms with Crippen LogP contribution in [0.2, 0.25) is 0 Å². The molecule has 0 aromatic heterocycles. The lowest BCUT2D eigenvalue weighted by Gasteiger charge is -2.49. The minimum Gasteiger partial charge on any atom is -0.490 e. The Kier molecular flexibility index (Phi) is 6.91. The minimum absolute atomic E-state index is 0.0919. The summed E-state index contributed by atoms with van der Waals surface area (Å²) in [7, 11) is -4.54. The predicted molar refractivity (Wildman–Crippen MR) is 125 cm³/mol. The van der Waals surface area contributed by atoms with Gasteiger partial charge in [0.05, 0.1) is 35.8 Å². The van der Waals surface area contributed by atoms with Gasteiger partial charge in [-0.2, -0.15) is 13.2 Å². The Morgan fingerprint density at radius 1 is 1.03 bits per heavy atom. The van der Waals surface area contributed by atoms with Gasteiger partial charge in [-0.15, -0.1) is 0 Å². The van der Waals surface area contributed by atoms with Crippen molar-refractivity contribution in [2.24, 2.45) is 11.8 Å². The summed E-state index contributed by atoms with van der Waals surface area (Å²) in [5.41, 5.74) is -1.47. The number of morpholine rings is 1. The van der Waals surface area contributed by atoms with Gasteiger partial charge in [-0.05, 0) is 61.6 Å². The van der Waals surface area contributed by atoms with Crippen molar-refractivity contribution in [2.45, 2.75) is 41.5 Å². The molecule has 2 fully saturated rings. The molecule has 5 rings (SSSR count). The van der Waals surface area contributed by atoms with Crippen molar-refractivity contribution in [3.05, 3.63) is 59.2 Å². The Labute approximate surface area is 216 Å². The molecule has 12 heteroatoms. The number of hydrogen-bond donors (Lipinski definition) is 0. The smallest absolute Gasteiger partial charge is 0.416 e. The van der Waals surface area contributed by atoms with Crippen molar-refractivity contribution >= 4 is 15.7 Å². The topological polar surface area (TPSA) is 72.9 Å². The molecule has 2 aromatic rings. The first kappa shape index (κ1) is 26.9. The number of sulfone groups is 1. The van der Waals surface area contributed by atoms with Crippen molar-refractivity contribution in [3.63, 3.8) is 0 Å². The summed E-state index contributed by atoms with van der Waals surface area (Å²) in [5.74, 6) is -3.57. The maximum Gasteiger partial charge on any atom is 0.416 e. The molecule has 3 atom stereocenters. The average molecular weight is 560 g/mol. The van der Waals surface area contributed by atoms with Crippen LogP contribution in [-0.4, -0.2) is 52.1 Å². The summed E-state index contributed by atoms with van der Waals surface area (Å²) in [4.78, 5) is 14.1. The SMILES string of the molecule is O=C(C[C@@H]1CC[C@@]2(S(=O)(=O)c3ccc(C(F)(F)F)cc3)c3c(F)ccc(F)c3OC[C@H]2C1)N1CCOCC1. The normalized spacial score (nSPS) is 25.8. The molecule has 2 aliphatic heterocycles. The van der Waals surface area contributed by atoms with Crippen molar-refractivity contribution in [2.75, 3.05) is 32.9 Å². The number of ether oxygens (including phenoxy) is 2. The number of rotatable bonds is 4. The Morgan fingerprint density at radius 2 is 1.68 bits per heavy atom. The highest BCUT2D eigenvalue weighted by molar-refractivity contribution is 7.92. The molecule has 38 heavy (non-hydrogen) atoms. The van der Waals surface area contributed by atoms with Crippen LogP contribution in [-0.2, 0) is 30.3 Å². The number of fused-ring (bicyclic) bond motifs is 3. The first-order chi connectivity index (χ1) is 17.9. The lowest BCUT2D eigenvalue weighted by molar-refractivity contribution is -0.138. The fourth-order valence-electron chi connectivity index (χ4n) is 6.01. The number of benzene rings is 2. The predicted octanol–water partition coefficient (Wildman–Crippen LogP) is 4.71. The fraction of sp³-hybridized carbons (Fsp3) is 0.500. The van der Waals surface area contributed by atoms with Gasteiger partial charge < -0.3 is 14.4 Å². The van der Waals surface area contributed by atoms with Crippen LogP contribution in [0.15, 0.2) is 41.3 Å². The van der Waals surface area contributed by atoms with E-state index in [2.05, 4.69) is 0 Å². The molecule has 3 aliphatic rings. The highest BCUT2D eigenvalue weighted by Crippen LogP contribution is 2.58. The lowest BCUT2D eigenvalue weighted by atomic mass is 9.68. The molecule has 1 aliphatic carbocycles. The molecule has 0 bridgehead atoms. The maximum absolute atomic E-state index is 15.4. The van der Waals surface area contributed by atoms with Crippen LogP contribution in [0, 0.1) is 23.5 Å². The zero-order chi connectivity index (χ0) is 27.3. The average Bonchev–Trinajstić information content (AvgIpc) is 2.90. The Bertz CT molecular complexity index is 1320. The second-order valence-corrected chi connectivity index (χ2v) is 12.2. The van der Waals surface area contributed by atoms with E-state index in [-0.39, 0.29) is 44.1 Å². The third-order valence-corrected chi connectivity index (χ3v) is 10.5. The van der Waals surface area contributed by atoms with E-state index in [1.807, 2.05) is 0 Å². The van der Waals surface area contributed by atoms with Gasteiger partial charge in [-0.25, -0.2) is 17.2 Å². The Hall–Kier alpha value is -2.73. The number of amides is 1. The van der Waals surface area contributed by atoms with Crippen molar-refractivity contribution in [1.82, 2.24) is 4.90 Å². The summed E-state index contributed by atoms with van der Waals surface area (Å²) < 4.78 is 107. The van der Waals surface area contributed by atoms with E-state index >= 15 is 4.39 Å². The molecule has 1 amide bonds. The van der Waals surface area contributed by atoms with Crippen molar-refractivity contribution < 1.29 is 44.6 Å². The second kappa shape index (κ2) is 9.78. The molecular weight excluding hydrogens is 533 g/mol. The Balaban J connectivity index is 1.54. The molecule has 2 heterocycles. The van der Waals surface area contributed by atoms with Crippen LogP contribution >= 0.6 is 0 Å². The standard InChI is InChI=1S/C26H26F5NO5S/c27-20-5-6-21(28)24-23(20)25(38(34,35)19-3-1-17(2-4-19)26(29,30)31)8-7-16(13-18(25)15-37-24)14-22(33)32-9-11-36-12-10-32/h1-6,16,18H,7-15H2/t16-,18-,25+/m1/s1. The molecular formula is C26H26F5NO5S. The van der Waals surface area contributed by atoms with Gasteiger partial charge in [0.2, 0.25) is 5.91 Å². The first-order valence-corrected chi connectivity index (χ1v) is 13.8. The second-order valence-electron chi connectivity index (χ2n) is 9.99. The fourth-order valence-corrected chi connectivity index (χ4v) is 8.38. The number of carbonyl (C=O) groups excluding carboxylic acids is 1. The maximum atomic E-state index is 15.4. The zero-order valence-electron chi connectivity index (χ0n) is 20.3. The highest BCUT2D eigenvalue weighted by atomic mass is 32.2. The molecule has 6 nitrogen and oxygen atoms in total.